The van der Waals surface area contributed by atoms with Crippen molar-refractivity contribution in [3.8, 4) is 0 Å². The van der Waals surface area contributed by atoms with Gasteiger partial charge in [-0.15, -0.1) is 0 Å². The zero-order valence-electron chi connectivity index (χ0n) is 4.00. The summed E-state index contributed by atoms with van der Waals surface area (Å²) in [5.41, 5.74) is 0. The fourth-order valence-corrected chi connectivity index (χ4v) is 0. The lowest BCUT2D eigenvalue weighted by molar-refractivity contribution is 0.275. The van der Waals surface area contributed by atoms with Crippen LogP contribution < -0.4 is 5.14 Å². The van der Waals surface area contributed by atoms with Crippen LogP contribution in [-0.2, 0) is 15.8 Å². The molecule has 0 saturated heterocycles. The van der Waals surface area contributed by atoms with Crippen LogP contribution in [-0.4, -0.2) is 23.4 Å². The van der Waals surface area contributed by atoms with Gasteiger partial charge in [-0.25, -0.2) is 4.57 Å². The normalized spacial score (nSPS) is 13.4. The Hall–Kier alpha value is 0.180. The van der Waals surface area contributed by atoms with Gasteiger partial charge in [0, 0.05) is 11.3 Å². The summed E-state index contributed by atoms with van der Waals surface area (Å²) in [4.78, 5) is 21.6. The first-order chi connectivity index (χ1) is 3.73. The van der Waals surface area contributed by atoms with E-state index in [2.05, 4.69) is 5.14 Å². The molecular formula is H5NO6PS-. The minimum Gasteiger partial charge on any atom is -0.760 e. The first kappa shape index (κ1) is 11.9. The second-order valence-electron chi connectivity index (χ2n) is 0.774. The van der Waals surface area contributed by atoms with Gasteiger partial charge in [-0.1, -0.05) is 0 Å². The molecule has 1 atom stereocenters. The fourth-order valence-electron chi connectivity index (χ4n) is 0. The van der Waals surface area contributed by atoms with Crippen molar-refractivity contribution in [2.45, 2.75) is 0 Å². The highest BCUT2D eigenvalue weighted by Crippen LogP contribution is 2.25. The quantitative estimate of drug-likeness (QED) is 0.245. The molecule has 0 spiro atoms. The Morgan fingerprint density at radius 3 is 1.44 bits per heavy atom. The second-order valence-corrected chi connectivity index (χ2v) is 2.32. The van der Waals surface area contributed by atoms with Gasteiger partial charge in [-0.3, -0.25) is 9.35 Å². The summed E-state index contributed by atoms with van der Waals surface area (Å²) < 4.78 is 26.4. The third-order valence-corrected chi connectivity index (χ3v) is 0. The summed E-state index contributed by atoms with van der Waals surface area (Å²) in [6.07, 6.45) is 0. The van der Waals surface area contributed by atoms with E-state index >= 15 is 0 Å². The van der Waals surface area contributed by atoms with Gasteiger partial charge in [-0.2, -0.15) is 0 Å². The van der Waals surface area contributed by atoms with E-state index in [0.29, 0.717) is 0 Å². The summed E-state index contributed by atoms with van der Waals surface area (Å²) >= 11 is -2.36. The van der Waals surface area contributed by atoms with Crippen LogP contribution in [0.1, 0.15) is 0 Å². The standard InChI is InChI=1S/H3NO2S.H3O4P/c1-4(2)3;1-5(2,3)4/h1H2,(H,2,3);(H3,1,2,3,4)/p-1. The predicted molar refractivity (Wildman–Crippen MR) is 27.4 cm³/mol. The van der Waals surface area contributed by atoms with Crippen LogP contribution in [0.3, 0.4) is 0 Å². The zero-order valence-corrected chi connectivity index (χ0v) is 5.71. The minimum absolute atomic E-state index is 2.36. The van der Waals surface area contributed by atoms with Crippen molar-refractivity contribution >= 4 is 19.1 Å². The summed E-state index contributed by atoms with van der Waals surface area (Å²) in [6, 6.07) is 0. The lowest BCUT2D eigenvalue weighted by atomic mass is 13.9. The van der Waals surface area contributed by atoms with E-state index in [1.54, 1.807) is 0 Å². The van der Waals surface area contributed by atoms with Crippen LogP contribution in [0.15, 0.2) is 0 Å². The summed E-state index contributed by atoms with van der Waals surface area (Å²) in [5.74, 6) is 0. The number of hydrogen-bond acceptors (Lipinski definition) is 3. The van der Waals surface area contributed by atoms with Gasteiger partial charge in [0.2, 0.25) is 0 Å². The van der Waals surface area contributed by atoms with E-state index in [0.717, 1.165) is 0 Å². The molecule has 0 aliphatic heterocycles. The molecule has 0 rings (SSSR count). The highest BCUT2D eigenvalue weighted by molar-refractivity contribution is 7.76. The monoisotopic (exact) mass is 178 g/mol. The van der Waals surface area contributed by atoms with Gasteiger partial charge in [-0.05, 0) is 0 Å². The maximum atomic E-state index is 8.88. The maximum Gasteiger partial charge on any atom is 0.466 e. The molecule has 0 aromatic heterocycles. The summed E-state index contributed by atoms with van der Waals surface area (Å²) in [7, 11) is -4.64. The fraction of sp³-hybridized carbons (Fsp3) is 0. The van der Waals surface area contributed by atoms with E-state index in [9.17, 15) is 0 Å². The van der Waals surface area contributed by atoms with E-state index in [-0.39, 0.29) is 0 Å². The number of nitrogens with two attached hydrogens (primary N) is 1. The first-order valence-electron chi connectivity index (χ1n) is 1.35. The molecule has 0 aromatic carbocycles. The molecule has 0 radical (unpaired) electrons. The zero-order chi connectivity index (χ0) is 8.08. The molecule has 0 aromatic rings. The lowest BCUT2D eigenvalue weighted by Crippen LogP contribution is -1.97. The van der Waals surface area contributed by atoms with Crippen molar-refractivity contribution in [1.29, 1.82) is 0 Å². The molecule has 9 heteroatoms. The van der Waals surface area contributed by atoms with E-state index in [1.165, 1.54) is 0 Å². The molecule has 7 nitrogen and oxygen atoms in total. The van der Waals surface area contributed by atoms with Crippen molar-refractivity contribution in [3.63, 3.8) is 0 Å². The highest BCUT2D eigenvalue weighted by atomic mass is 32.2. The Kier molecular flexibility index (Phi) is 6.62. The molecule has 9 heavy (non-hydrogen) atoms. The number of rotatable bonds is 0. The molecule has 1 unspecified atom stereocenters. The SMILES string of the molecule is NS(=O)[O-].O=P(O)(O)O. The molecule has 0 aliphatic rings. The molecular weight excluding hydrogens is 173 g/mol. The van der Waals surface area contributed by atoms with Gasteiger partial charge in [0.15, 0.2) is 0 Å². The van der Waals surface area contributed by atoms with Crippen LogP contribution in [0, 0.1) is 0 Å². The molecule has 0 aliphatic carbocycles. The molecule has 58 valence electrons. The van der Waals surface area contributed by atoms with Crippen LogP contribution in [0.2, 0.25) is 0 Å². The smallest absolute Gasteiger partial charge is 0.466 e. The van der Waals surface area contributed by atoms with E-state index in [4.69, 9.17) is 28.0 Å². The number of phosphoric acid groups is 1. The third-order valence-electron chi connectivity index (χ3n) is 0. The van der Waals surface area contributed by atoms with Crippen LogP contribution in [0.25, 0.3) is 0 Å². The van der Waals surface area contributed by atoms with Gasteiger partial charge in [0.25, 0.3) is 0 Å². The van der Waals surface area contributed by atoms with E-state index < -0.39 is 19.1 Å². The van der Waals surface area contributed by atoms with Gasteiger partial charge in [0.1, 0.15) is 0 Å². The molecule has 5 N–H and O–H groups in total. The summed E-state index contributed by atoms with van der Waals surface area (Å²) in [6.45, 7) is 0. The Labute approximate surface area is 53.2 Å². The average molecular weight is 178 g/mol. The summed E-state index contributed by atoms with van der Waals surface area (Å²) in [5, 5.41) is 4.03. The molecule has 0 saturated carbocycles. The average Bonchev–Trinajstić information content (AvgIpc) is 1.19. The van der Waals surface area contributed by atoms with Gasteiger partial charge < -0.3 is 19.2 Å². The van der Waals surface area contributed by atoms with Crippen molar-refractivity contribution < 1.29 is 28.0 Å². The van der Waals surface area contributed by atoms with Crippen molar-refractivity contribution in [3.05, 3.63) is 0 Å². The highest BCUT2D eigenvalue weighted by Gasteiger charge is 2.00. The van der Waals surface area contributed by atoms with Gasteiger partial charge >= 0.3 is 7.82 Å². The molecule has 0 amide bonds. The third kappa shape index (κ3) is 9640. The Morgan fingerprint density at radius 2 is 1.44 bits per heavy atom. The van der Waals surface area contributed by atoms with E-state index in [1.807, 2.05) is 0 Å². The largest absolute Gasteiger partial charge is 0.760 e. The maximum absolute atomic E-state index is 8.88. The van der Waals surface area contributed by atoms with Crippen molar-refractivity contribution in [2.24, 2.45) is 5.14 Å². The Bertz CT molecular complexity index is 113. The Morgan fingerprint density at radius 1 is 1.44 bits per heavy atom. The van der Waals surface area contributed by atoms with Crippen molar-refractivity contribution in [2.75, 3.05) is 0 Å². The van der Waals surface area contributed by atoms with Crippen LogP contribution in [0.5, 0.6) is 0 Å². The van der Waals surface area contributed by atoms with Crippen LogP contribution >= 0.6 is 7.82 Å². The first-order valence-corrected chi connectivity index (χ1v) is 4.05. The van der Waals surface area contributed by atoms with Crippen molar-refractivity contribution in [1.82, 2.24) is 0 Å². The number of hydrogen-bond donors (Lipinski definition) is 4. The molecule has 0 heterocycles. The van der Waals surface area contributed by atoms with Crippen LogP contribution in [0.4, 0.5) is 0 Å². The topological polar surface area (TPSA) is 144 Å². The lowest BCUT2D eigenvalue weighted by Gasteiger charge is -1.85. The second kappa shape index (κ2) is 5.00. The minimum atomic E-state index is -4.64. The Balaban J connectivity index is 0. The molecule has 0 bridgehead atoms. The molecule has 0 fully saturated rings. The van der Waals surface area contributed by atoms with Gasteiger partial charge in [0.05, 0.1) is 0 Å². The predicted octanol–water partition coefficient (Wildman–Crippen LogP) is -2.19.